The highest BCUT2D eigenvalue weighted by atomic mass is 32.2. The molecule has 21 heavy (non-hydrogen) atoms. The summed E-state index contributed by atoms with van der Waals surface area (Å²) < 4.78 is 27.3. The molecule has 0 aliphatic carbocycles. The Balaban J connectivity index is 3.09. The summed E-state index contributed by atoms with van der Waals surface area (Å²) in [5.74, 6) is -1.15. The van der Waals surface area contributed by atoms with Gasteiger partial charge in [-0.1, -0.05) is 6.07 Å². The SMILES string of the molecule is Cc1ccc(C(=O)O)cc1S(=O)(=O)NCC(C)(C)N(C)C. The van der Waals surface area contributed by atoms with Gasteiger partial charge >= 0.3 is 5.97 Å². The topological polar surface area (TPSA) is 86.7 Å². The molecule has 0 heterocycles. The van der Waals surface area contributed by atoms with Crippen LogP contribution in [0.1, 0.15) is 29.8 Å². The Morgan fingerprint density at radius 3 is 2.38 bits per heavy atom. The van der Waals surface area contributed by atoms with Crippen molar-refractivity contribution in [3.8, 4) is 0 Å². The minimum Gasteiger partial charge on any atom is -0.478 e. The summed E-state index contributed by atoms with van der Waals surface area (Å²) >= 11 is 0. The summed E-state index contributed by atoms with van der Waals surface area (Å²) in [6.07, 6.45) is 0. The van der Waals surface area contributed by atoms with Gasteiger partial charge in [0.1, 0.15) is 0 Å². The first-order valence-corrected chi connectivity index (χ1v) is 7.97. The van der Waals surface area contributed by atoms with Crippen molar-refractivity contribution in [1.82, 2.24) is 9.62 Å². The lowest BCUT2D eigenvalue weighted by Gasteiger charge is -2.32. The van der Waals surface area contributed by atoms with Gasteiger partial charge in [-0.2, -0.15) is 0 Å². The fourth-order valence-corrected chi connectivity index (χ4v) is 3.00. The van der Waals surface area contributed by atoms with Crippen LogP contribution in [-0.4, -0.2) is 50.6 Å². The van der Waals surface area contributed by atoms with Crippen LogP contribution in [0, 0.1) is 6.92 Å². The summed E-state index contributed by atoms with van der Waals surface area (Å²) in [7, 11) is -0.0223. The van der Waals surface area contributed by atoms with E-state index in [1.54, 1.807) is 6.92 Å². The second-order valence-corrected chi connectivity index (χ2v) is 7.55. The Bertz CT molecular complexity index is 636. The lowest BCUT2D eigenvalue weighted by atomic mass is 10.1. The molecule has 0 bridgehead atoms. The Hall–Kier alpha value is -1.44. The fraction of sp³-hybridized carbons (Fsp3) is 0.500. The number of sulfonamides is 1. The summed E-state index contributed by atoms with van der Waals surface area (Å²) in [5, 5.41) is 8.98. The van der Waals surface area contributed by atoms with Gasteiger partial charge in [0.2, 0.25) is 10.0 Å². The number of nitrogens with zero attached hydrogens (tertiary/aromatic N) is 1. The molecule has 0 radical (unpaired) electrons. The Morgan fingerprint density at radius 2 is 1.90 bits per heavy atom. The number of carboxylic acids is 1. The molecule has 118 valence electrons. The normalized spacial score (nSPS) is 12.7. The third-order valence-electron chi connectivity index (χ3n) is 3.63. The van der Waals surface area contributed by atoms with E-state index in [0.717, 1.165) is 0 Å². The van der Waals surface area contributed by atoms with E-state index < -0.39 is 16.0 Å². The first-order chi connectivity index (χ1) is 9.47. The summed E-state index contributed by atoms with van der Waals surface area (Å²) in [5.41, 5.74) is 0.105. The summed E-state index contributed by atoms with van der Waals surface area (Å²) in [6, 6.07) is 4.07. The lowest BCUT2D eigenvalue weighted by molar-refractivity contribution is 0.0696. The maximum atomic E-state index is 12.4. The molecule has 1 aromatic rings. The number of hydrogen-bond acceptors (Lipinski definition) is 4. The molecule has 2 N–H and O–H groups in total. The van der Waals surface area contributed by atoms with Crippen molar-refractivity contribution in [1.29, 1.82) is 0 Å². The van der Waals surface area contributed by atoms with Crippen LogP contribution < -0.4 is 4.72 Å². The molecule has 0 fully saturated rings. The fourth-order valence-electron chi connectivity index (χ4n) is 1.53. The smallest absolute Gasteiger partial charge is 0.335 e. The Morgan fingerprint density at radius 1 is 1.33 bits per heavy atom. The molecule has 0 unspecified atom stereocenters. The van der Waals surface area contributed by atoms with Crippen LogP contribution in [0.25, 0.3) is 0 Å². The molecular weight excluding hydrogens is 292 g/mol. The van der Waals surface area contributed by atoms with Crippen molar-refractivity contribution >= 4 is 16.0 Å². The molecule has 6 nitrogen and oxygen atoms in total. The zero-order valence-corrected chi connectivity index (χ0v) is 13.8. The second kappa shape index (κ2) is 6.13. The predicted octanol–water partition coefficient (Wildman–Crippen LogP) is 1.31. The molecule has 0 saturated carbocycles. The Labute approximate surface area is 125 Å². The van der Waals surface area contributed by atoms with Gasteiger partial charge in [-0.15, -0.1) is 0 Å². The van der Waals surface area contributed by atoms with Gasteiger partial charge in [0, 0.05) is 12.1 Å². The molecule has 0 aliphatic rings. The van der Waals surface area contributed by atoms with E-state index in [2.05, 4.69) is 4.72 Å². The molecule has 0 saturated heterocycles. The molecule has 0 aromatic heterocycles. The number of aryl methyl sites for hydroxylation is 1. The van der Waals surface area contributed by atoms with Crippen molar-refractivity contribution < 1.29 is 18.3 Å². The second-order valence-electron chi connectivity index (χ2n) is 5.82. The van der Waals surface area contributed by atoms with Gasteiger partial charge in [-0.05, 0) is 52.6 Å². The highest BCUT2D eigenvalue weighted by Crippen LogP contribution is 2.18. The molecule has 1 aromatic carbocycles. The lowest BCUT2D eigenvalue weighted by Crippen LogP contribution is -2.48. The average molecular weight is 314 g/mol. The molecule has 1 rings (SSSR count). The van der Waals surface area contributed by atoms with Gasteiger partial charge in [-0.3, -0.25) is 0 Å². The van der Waals surface area contributed by atoms with Crippen molar-refractivity contribution in [3.63, 3.8) is 0 Å². The van der Waals surface area contributed by atoms with Gasteiger partial charge < -0.3 is 10.0 Å². The van der Waals surface area contributed by atoms with Gasteiger partial charge in [0.15, 0.2) is 0 Å². The minimum atomic E-state index is -3.75. The highest BCUT2D eigenvalue weighted by Gasteiger charge is 2.25. The van der Waals surface area contributed by atoms with E-state index in [1.165, 1.54) is 18.2 Å². The average Bonchev–Trinajstić information content (AvgIpc) is 2.36. The van der Waals surface area contributed by atoms with Crippen LogP contribution in [0.3, 0.4) is 0 Å². The number of aromatic carboxylic acids is 1. The molecule has 7 heteroatoms. The number of carbonyl (C=O) groups is 1. The van der Waals surface area contributed by atoms with E-state index in [0.29, 0.717) is 5.56 Å². The van der Waals surface area contributed by atoms with Crippen molar-refractivity contribution in [3.05, 3.63) is 29.3 Å². The molecule has 0 aliphatic heterocycles. The van der Waals surface area contributed by atoms with Gasteiger partial charge in [0.25, 0.3) is 0 Å². The van der Waals surface area contributed by atoms with Crippen molar-refractivity contribution in [2.45, 2.75) is 31.2 Å². The first kappa shape index (κ1) is 17.6. The molecule has 0 atom stereocenters. The maximum Gasteiger partial charge on any atom is 0.335 e. The number of likely N-dealkylation sites (N-methyl/N-ethyl adjacent to an activating group) is 1. The summed E-state index contributed by atoms with van der Waals surface area (Å²) in [4.78, 5) is 12.9. The van der Waals surface area contributed by atoms with Crippen LogP contribution in [0.15, 0.2) is 23.1 Å². The third-order valence-corrected chi connectivity index (χ3v) is 5.17. The van der Waals surface area contributed by atoms with Crippen LogP contribution >= 0.6 is 0 Å². The van der Waals surface area contributed by atoms with E-state index in [1.807, 2.05) is 32.8 Å². The quantitative estimate of drug-likeness (QED) is 0.827. The Kier molecular flexibility index (Phi) is 5.14. The maximum absolute atomic E-state index is 12.4. The molecule has 0 spiro atoms. The van der Waals surface area contributed by atoms with Crippen molar-refractivity contribution in [2.24, 2.45) is 0 Å². The zero-order chi connectivity index (χ0) is 16.4. The van der Waals surface area contributed by atoms with Crippen LogP contribution in [0.2, 0.25) is 0 Å². The number of carboxylic acid groups (broad SMARTS) is 1. The van der Waals surface area contributed by atoms with E-state index in [9.17, 15) is 13.2 Å². The van der Waals surface area contributed by atoms with Crippen LogP contribution in [-0.2, 0) is 10.0 Å². The van der Waals surface area contributed by atoms with Gasteiger partial charge in [-0.25, -0.2) is 17.9 Å². The number of benzene rings is 1. The minimum absolute atomic E-state index is 0.00282. The first-order valence-electron chi connectivity index (χ1n) is 6.48. The van der Waals surface area contributed by atoms with Crippen LogP contribution in [0.4, 0.5) is 0 Å². The van der Waals surface area contributed by atoms with Crippen LogP contribution in [0.5, 0.6) is 0 Å². The largest absolute Gasteiger partial charge is 0.478 e. The molecule has 0 amide bonds. The highest BCUT2D eigenvalue weighted by molar-refractivity contribution is 7.89. The van der Waals surface area contributed by atoms with E-state index in [4.69, 9.17) is 5.11 Å². The predicted molar refractivity (Wildman–Crippen MR) is 81.1 cm³/mol. The summed E-state index contributed by atoms with van der Waals surface area (Å²) in [6.45, 7) is 5.68. The van der Waals surface area contributed by atoms with Crippen molar-refractivity contribution in [2.75, 3.05) is 20.6 Å². The van der Waals surface area contributed by atoms with Gasteiger partial charge in [0.05, 0.1) is 10.5 Å². The van der Waals surface area contributed by atoms with E-state index in [-0.39, 0.29) is 22.5 Å². The third kappa shape index (κ3) is 4.26. The molecular formula is C14H22N2O4S. The monoisotopic (exact) mass is 314 g/mol. The standard InChI is InChI=1S/C14H22N2O4S/c1-10-6-7-11(13(17)18)8-12(10)21(19,20)15-9-14(2,3)16(4)5/h6-8,15H,9H2,1-5H3,(H,17,18). The zero-order valence-electron chi connectivity index (χ0n) is 13.0. The number of nitrogens with one attached hydrogen (secondary N) is 1. The van der Waals surface area contributed by atoms with E-state index >= 15 is 0 Å². The number of hydrogen-bond donors (Lipinski definition) is 2. The number of rotatable bonds is 6.